The van der Waals surface area contributed by atoms with Crippen LogP contribution >= 0.6 is 0 Å². The molecule has 4 nitrogen and oxygen atoms in total. The van der Waals surface area contributed by atoms with Crippen molar-refractivity contribution in [1.82, 2.24) is 9.88 Å². The molecule has 0 radical (unpaired) electrons. The molecule has 0 bridgehead atoms. The van der Waals surface area contributed by atoms with E-state index >= 15 is 0 Å². The maximum atomic E-state index is 12.9. The Balaban J connectivity index is 1.75. The third kappa shape index (κ3) is 3.49. The molecule has 0 fully saturated rings. The molecule has 0 aliphatic carbocycles. The van der Waals surface area contributed by atoms with E-state index in [4.69, 9.17) is 4.42 Å². The smallest absolute Gasteiger partial charge is 0.253 e. The monoisotopic (exact) mass is 370 g/mol. The van der Waals surface area contributed by atoms with Crippen LogP contribution in [0, 0.1) is 13.8 Å². The zero-order chi connectivity index (χ0) is 19.5. The second-order valence-corrected chi connectivity index (χ2v) is 6.83. The van der Waals surface area contributed by atoms with Gasteiger partial charge in [-0.25, -0.2) is 0 Å². The average Bonchev–Trinajstić information content (AvgIpc) is 3.35. The quantitative estimate of drug-likeness (QED) is 0.519. The van der Waals surface area contributed by atoms with E-state index in [2.05, 4.69) is 53.2 Å². The summed E-state index contributed by atoms with van der Waals surface area (Å²) in [6, 6.07) is 24.1. The van der Waals surface area contributed by atoms with Crippen LogP contribution in [0.1, 0.15) is 27.4 Å². The van der Waals surface area contributed by atoms with Crippen LogP contribution in [0.3, 0.4) is 0 Å². The molecule has 28 heavy (non-hydrogen) atoms. The highest BCUT2D eigenvalue weighted by atomic mass is 16.3. The number of nitrogens with zero attached hydrogens (tertiary/aromatic N) is 1. The van der Waals surface area contributed by atoms with Crippen LogP contribution in [-0.2, 0) is 6.54 Å². The highest BCUT2D eigenvalue weighted by Gasteiger charge is 2.19. The molecule has 0 atom stereocenters. The Morgan fingerprint density at radius 1 is 0.964 bits per heavy atom. The van der Waals surface area contributed by atoms with Crippen molar-refractivity contribution in [2.24, 2.45) is 0 Å². The summed E-state index contributed by atoms with van der Waals surface area (Å²) < 4.78 is 7.44. The van der Waals surface area contributed by atoms with Crippen molar-refractivity contribution >= 4 is 5.91 Å². The Hall–Kier alpha value is -3.53. The number of benzene rings is 2. The summed E-state index contributed by atoms with van der Waals surface area (Å²) in [5, 5.41) is 2.95. The molecule has 1 amide bonds. The molecule has 1 N–H and O–H groups in total. The normalized spacial score (nSPS) is 10.8. The van der Waals surface area contributed by atoms with E-state index in [9.17, 15) is 4.79 Å². The molecular formula is C24H22N2O2. The number of aromatic nitrogens is 1. The lowest BCUT2D eigenvalue weighted by atomic mass is 10.1. The van der Waals surface area contributed by atoms with Crippen molar-refractivity contribution in [3.05, 3.63) is 102 Å². The fourth-order valence-electron chi connectivity index (χ4n) is 3.36. The molecule has 0 spiro atoms. The Morgan fingerprint density at radius 3 is 2.39 bits per heavy atom. The first kappa shape index (κ1) is 17.9. The van der Waals surface area contributed by atoms with Gasteiger partial charge in [0.25, 0.3) is 5.91 Å². The number of furan rings is 1. The molecule has 2 aromatic heterocycles. The number of aryl methyl sites for hydroxylation is 1. The number of rotatable bonds is 5. The summed E-state index contributed by atoms with van der Waals surface area (Å²) in [5.74, 6) is 0.615. The molecule has 4 rings (SSSR count). The van der Waals surface area contributed by atoms with Crippen LogP contribution in [0.25, 0.3) is 16.9 Å². The van der Waals surface area contributed by atoms with E-state index in [1.165, 1.54) is 5.56 Å². The first-order chi connectivity index (χ1) is 13.6. The largest absolute Gasteiger partial charge is 0.467 e. The van der Waals surface area contributed by atoms with E-state index in [-0.39, 0.29) is 5.91 Å². The molecule has 0 saturated carbocycles. The highest BCUT2D eigenvalue weighted by molar-refractivity contribution is 5.97. The zero-order valence-corrected chi connectivity index (χ0v) is 16.0. The lowest BCUT2D eigenvalue weighted by Crippen LogP contribution is -2.23. The first-order valence-electron chi connectivity index (χ1n) is 9.29. The zero-order valence-electron chi connectivity index (χ0n) is 16.0. The Bertz CT molecular complexity index is 1080. The molecule has 4 aromatic rings. The number of hydrogen-bond acceptors (Lipinski definition) is 2. The van der Waals surface area contributed by atoms with Crippen LogP contribution in [0.5, 0.6) is 0 Å². The third-order valence-electron chi connectivity index (χ3n) is 4.86. The van der Waals surface area contributed by atoms with E-state index in [0.29, 0.717) is 12.1 Å². The second-order valence-electron chi connectivity index (χ2n) is 6.83. The SMILES string of the molecule is Cc1ccc(-n2c(-c3ccccc3)cc(C(=O)NCc3ccco3)c2C)cc1. The van der Waals surface area contributed by atoms with E-state index in [1.54, 1.807) is 6.26 Å². The minimum Gasteiger partial charge on any atom is -0.467 e. The molecule has 140 valence electrons. The predicted molar refractivity (Wildman–Crippen MR) is 111 cm³/mol. The number of amides is 1. The molecule has 4 heteroatoms. The summed E-state index contributed by atoms with van der Waals surface area (Å²) in [4.78, 5) is 12.9. The van der Waals surface area contributed by atoms with Gasteiger partial charge in [-0.05, 0) is 49.7 Å². The lowest BCUT2D eigenvalue weighted by Gasteiger charge is -2.13. The molecule has 0 aliphatic heterocycles. The van der Waals surface area contributed by atoms with E-state index in [1.807, 2.05) is 43.3 Å². The molecule has 0 unspecified atom stereocenters. The maximum absolute atomic E-state index is 12.9. The summed E-state index contributed by atoms with van der Waals surface area (Å²) in [6.45, 7) is 4.41. The lowest BCUT2D eigenvalue weighted by molar-refractivity contribution is 0.0947. The molecule has 2 aromatic carbocycles. The first-order valence-corrected chi connectivity index (χ1v) is 9.29. The molecular weight excluding hydrogens is 348 g/mol. The molecule has 2 heterocycles. The topological polar surface area (TPSA) is 47.2 Å². The van der Waals surface area contributed by atoms with Crippen molar-refractivity contribution < 1.29 is 9.21 Å². The Labute approximate surface area is 164 Å². The van der Waals surface area contributed by atoms with Gasteiger partial charge in [0.2, 0.25) is 0 Å². The van der Waals surface area contributed by atoms with Crippen LogP contribution in [0.15, 0.2) is 83.5 Å². The van der Waals surface area contributed by atoms with Crippen LogP contribution in [-0.4, -0.2) is 10.5 Å². The maximum Gasteiger partial charge on any atom is 0.253 e. The standard InChI is InChI=1S/C24H22N2O2/c1-17-10-12-20(13-11-17)26-18(2)22(15-23(26)19-7-4-3-5-8-19)24(27)25-16-21-9-6-14-28-21/h3-15H,16H2,1-2H3,(H,25,27). The number of nitrogens with one attached hydrogen (secondary N) is 1. The van der Waals surface area contributed by atoms with Gasteiger partial charge < -0.3 is 14.3 Å². The van der Waals surface area contributed by atoms with Gasteiger partial charge in [-0.2, -0.15) is 0 Å². The van der Waals surface area contributed by atoms with Crippen molar-refractivity contribution in [3.8, 4) is 16.9 Å². The van der Waals surface area contributed by atoms with Gasteiger partial charge in [0.05, 0.1) is 24.1 Å². The van der Waals surface area contributed by atoms with Crippen molar-refractivity contribution in [2.75, 3.05) is 0 Å². The van der Waals surface area contributed by atoms with Gasteiger partial charge >= 0.3 is 0 Å². The van der Waals surface area contributed by atoms with Gasteiger partial charge in [0, 0.05) is 11.4 Å². The minimum atomic E-state index is -0.114. The third-order valence-corrected chi connectivity index (χ3v) is 4.86. The van der Waals surface area contributed by atoms with E-state index < -0.39 is 0 Å². The Morgan fingerprint density at radius 2 is 1.71 bits per heavy atom. The number of carbonyl (C=O) groups excluding carboxylic acids is 1. The van der Waals surface area contributed by atoms with Crippen LogP contribution in [0.2, 0.25) is 0 Å². The second kappa shape index (κ2) is 7.61. The van der Waals surface area contributed by atoms with E-state index in [0.717, 1.165) is 28.4 Å². The number of carbonyl (C=O) groups is 1. The van der Waals surface area contributed by atoms with Crippen molar-refractivity contribution in [2.45, 2.75) is 20.4 Å². The van der Waals surface area contributed by atoms with Gasteiger partial charge in [-0.15, -0.1) is 0 Å². The fourth-order valence-corrected chi connectivity index (χ4v) is 3.36. The van der Waals surface area contributed by atoms with Gasteiger partial charge in [0.15, 0.2) is 0 Å². The van der Waals surface area contributed by atoms with Crippen LogP contribution in [0.4, 0.5) is 0 Å². The van der Waals surface area contributed by atoms with Gasteiger partial charge in [0.1, 0.15) is 5.76 Å². The summed E-state index contributed by atoms with van der Waals surface area (Å²) in [7, 11) is 0. The minimum absolute atomic E-state index is 0.114. The predicted octanol–water partition coefficient (Wildman–Crippen LogP) is 5.28. The summed E-state index contributed by atoms with van der Waals surface area (Å²) >= 11 is 0. The molecule has 0 saturated heterocycles. The number of hydrogen-bond donors (Lipinski definition) is 1. The Kier molecular flexibility index (Phi) is 4.85. The molecule has 0 aliphatic rings. The highest BCUT2D eigenvalue weighted by Crippen LogP contribution is 2.29. The van der Waals surface area contributed by atoms with Crippen LogP contribution < -0.4 is 5.32 Å². The van der Waals surface area contributed by atoms with Gasteiger partial charge in [-0.3, -0.25) is 4.79 Å². The fraction of sp³-hybridized carbons (Fsp3) is 0.125. The summed E-state index contributed by atoms with van der Waals surface area (Å²) in [5.41, 5.74) is 5.85. The van der Waals surface area contributed by atoms with Crippen molar-refractivity contribution in [1.29, 1.82) is 0 Å². The van der Waals surface area contributed by atoms with Crippen molar-refractivity contribution in [3.63, 3.8) is 0 Å². The van der Waals surface area contributed by atoms with Gasteiger partial charge in [-0.1, -0.05) is 48.0 Å². The average molecular weight is 370 g/mol. The summed E-state index contributed by atoms with van der Waals surface area (Å²) in [6.07, 6.45) is 1.61.